The highest BCUT2D eigenvalue weighted by Crippen LogP contribution is 2.35. The van der Waals surface area contributed by atoms with Gasteiger partial charge in [0.05, 0.1) is 55.8 Å². The van der Waals surface area contributed by atoms with Crippen LogP contribution in [0.2, 0.25) is 0 Å². The van der Waals surface area contributed by atoms with Crippen molar-refractivity contribution in [1.82, 2.24) is 16.0 Å². The number of ether oxygens (including phenoxy) is 6. The summed E-state index contributed by atoms with van der Waals surface area (Å²) in [4.78, 5) is 0. The molecule has 5 rings (SSSR count). The zero-order valence-electron chi connectivity index (χ0n) is 29.9. The molecule has 21 nitrogen and oxygen atoms in total. The van der Waals surface area contributed by atoms with Crippen LogP contribution in [0, 0.1) is 0 Å². The van der Waals surface area contributed by atoms with E-state index in [0.717, 1.165) is 13.1 Å². The molecule has 310 valence electrons. The maximum absolute atomic E-state index is 11.7. The number of piperidine rings is 1. The van der Waals surface area contributed by atoms with Gasteiger partial charge in [0, 0.05) is 31.7 Å². The van der Waals surface area contributed by atoms with E-state index in [1.165, 1.54) is 0 Å². The van der Waals surface area contributed by atoms with Crippen molar-refractivity contribution in [1.29, 1.82) is 0 Å². The Hall–Kier alpha value is -0.840. The highest BCUT2D eigenvalue weighted by Gasteiger charge is 2.54. The second-order valence-corrected chi connectivity index (χ2v) is 15.1. The van der Waals surface area contributed by atoms with Crippen molar-refractivity contribution in [2.24, 2.45) is 22.9 Å². The van der Waals surface area contributed by atoms with Crippen LogP contribution in [0.1, 0.15) is 32.1 Å². The first-order chi connectivity index (χ1) is 25.3. The summed E-state index contributed by atoms with van der Waals surface area (Å²) in [7, 11) is 0. The lowest BCUT2D eigenvalue weighted by atomic mass is 9.83. The Balaban J connectivity index is 1.29. The molecule has 0 aromatic carbocycles. The van der Waals surface area contributed by atoms with Gasteiger partial charge in [0.2, 0.25) is 0 Å². The van der Waals surface area contributed by atoms with E-state index in [1.807, 2.05) is 0 Å². The third-order valence-electron chi connectivity index (χ3n) is 11.1. The van der Waals surface area contributed by atoms with Crippen molar-refractivity contribution in [3.63, 3.8) is 0 Å². The van der Waals surface area contributed by atoms with E-state index in [0.29, 0.717) is 38.8 Å². The first-order valence-corrected chi connectivity index (χ1v) is 18.7. The van der Waals surface area contributed by atoms with Gasteiger partial charge < -0.3 is 108 Å². The molecule has 17 atom stereocenters. The van der Waals surface area contributed by atoms with E-state index >= 15 is 0 Å². The van der Waals surface area contributed by atoms with Crippen LogP contribution in [0.5, 0.6) is 0 Å². The van der Waals surface area contributed by atoms with Crippen molar-refractivity contribution in [2.45, 2.75) is 148 Å². The Morgan fingerprint density at radius 1 is 0.755 bits per heavy atom. The summed E-state index contributed by atoms with van der Waals surface area (Å²) in [5.41, 5.74) is 24.0. The summed E-state index contributed by atoms with van der Waals surface area (Å²) < 4.78 is 36.4. The Kier molecular flexibility index (Phi) is 16.0. The number of nitrogens with one attached hydrogen (secondary N) is 3. The van der Waals surface area contributed by atoms with E-state index in [9.17, 15) is 40.9 Å². The minimum atomic E-state index is -1.61. The molecule has 4 saturated heterocycles. The fourth-order valence-corrected chi connectivity index (χ4v) is 7.76. The van der Waals surface area contributed by atoms with E-state index in [2.05, 4.69) is 16.0 Å². The minimum Gasteiger partial charge on any atom is -0.395 e. The van der Waals surface area contributed by atoms with Crippen molar-refractivity contribution in [3.05, 3.63) is 0 Å². The molecule has 53 heavy (non-hydrogen) atoms. The van der Waals surface area contributed by atoms with Crippen molar-refractivity contribution in [2.75, 3.05) is 52.5 Å². The molecule has 0 aromatic heterocycles. The van der Waals surface area contributed by atoms with Crippen LogP contribution in [0.25, 0.3) is 0 Å². The molecule has 19 N–H and O–H groups in total. The number of aliphatic hydroxyl groups is 8. The van der Waals surface area contributed by atoms with Gasteiger partial charge in [-0.05, 0) is 45.2 Å². The van der Waals surface area contributed by atoms with Gasteiger partial charge in [-0.15, -0.1) is 0 Å². The monoisotopic (exact) mass is 769 g/mol. The standard InChI is InChI=1S/C32H63N7O14/c33-8-19-23(44)24(45)21(36)30(49-19)52-27-20(12-42)50-31(25(27)46)53-28-22(43)18(39-14(10-40)11-41)7-17(35)26(28)51-29-16(34)2-1-15(48-29)9-38-13-32(47)3-5-37-6-4-32/h14-31,37-47H,1-13,33-36H2/t15-,16+,17-,18+,19-,20+,21+,22-,23+,24+,25+,26+,27+,28+,29+,30+,31-/m0/s1. The van der Waals surface area contributed by atoms with Gasteiger partial charge in [-0.2, -0.15) is 0 Å². The summed E-state index contributed by atoms with van der Waals surface area (Å²) in [6, 6.07) is -4.24. The predicted octanol–water partition coefficient (Wildman–Crippen LogP) is -8.11. The van der Waals surface area contributed by atoms with E-state index in [4.69, 9.17) is 51.4 Å². The molecule has 0 radical (unpaired) electrons. The molecule has 1 saturated carbocycles. The maximum Gasteiger partial charge on any atom is 0.187 e. The van der Waals surface area contributed by atoms with Gasteiger partial charge >= 0.3 is 0 Å². The van der Waals surface area contributed by atoms with Crippen molar-refractivity contribution < 1.29 is 69.3 Å². The van der Waals surface area contributed by atoms with Crippen molar-refractivity contribution >= 4 is 0 Å². The molecule has 0 bridgehead atoms. The largest absolute Gasteiger partial charge is 0.395 e. The molecule has 4 aliphatic heterocycles. The summed E-state index contributed by atoms with van der Waals surface area (Å²) >= 11 is 0. The Morgan fingerprint density at radius 2 is 1.42 bits per heavy atom. The molecule has 0 aromatic rings. The Morgan fingerprint density at radius 3 is 2.08 bits per heavy atom. The number of nitrogens with two attached hydrogens (primary N) is 4. The molecule has 0 amide bonds. The van der Waals surface area contributed by atoms with E-state index < -0.39 is 129 Å². The fraction of sp³-hybridized carbons (Fsp3) is 1.00. The summed E-state index contributed by atoms with van der Waals surface area (Å²) in [6.45, 7) is 0.631. The summed E-state index contributed by atoms with van der Waals surface area (Å²) in [5, 5.41) is 93.8. The van der Waals surface area contributed by atoms with Crippen molar-refractivity contribution in [3.8, 4) is 0 Å². The first-order valence-electron chi connectivity index (χ1n) is 18.7. The Bertz CT molecular complexity index is 1100. The first kappa shape index (κ1) is 43.3. The zero-order chi connectivity index (χ0) is 38.4. The second-order valence-electron chi connectivity index (χ2n) is 15.1. The highest BCUT2D eigenvalue weighted by atomic mass is 16.8. The molecule has 5 fully saturated rings. The van der Waals surface area contributed by atoms with Gasteiger partial charge in [-0.25, -0.2) is 0 Å². The van der Waals surface area contributed by atoms with Gasteiger partial charge in [0.1, 0.15) is 48.8 Å². The smallest absolute Gasteiger partial charge is 0.187 e. The molecule has 1 aliphatic carbocycles. The van der Waals surface area contributed by atoms with Crippen LogP contribution < -0.4 is 38.9 Å². The van der Waals surface area contributed by atoms with Crippen LogP contribution in [0.15, 0.2) is 0 Å². The molecular formula is C32H63N7O14. The quantitative estimate of drug-likeness (QED) is 0.0693. The van der Waals surface area contributed by atoms with Crippen LogP contribution in [0.3, 0.4) is 0 Å². The lowest BCUT2D eigenvalue weighted by molar-refractivity contribution is -0.290. The van der Waals surface area contributed by atoms with Crippen LogP contribution >= 0.6 is 0 Å². The van der Waals surface area contributed by atoms with E-state index in [1.54, 1.807) is 0 Å². The van der Waals surface area contributed by atoms with Crippen LogP contribution in [-0.2, 0) is 28.4 Å². The van der Waals surface area contributed by atoms with Gasteiger partial charge in [0.25, 0.3) is 0 Å². The molecule has 0 unspecified atom stereocenters. The van der Waals surface area contributed by atoms with Gasteiger partial charge in [0.15, 0.2) is 18.9 Å². The van der Waals surface area contributed by atoms with Crippen LogP contribution in [0.4, 0.5) is 0 Å². The lowest BCUT2D eigenvalue weighted by Crippen LogP contribution is -2.67. The molecular weight excluding hydrogens is 706 g/mol. The third kappa shape index (κ3) is 10.4. The zero-order valence-corrected chi connectivity index (χ0v) is 29.9. The summed E-state index contributed by atoms with van der Waals surface area (Å²) in [6.07, 6.45) is -13.4. The average Bonchev–Trinajstić information content (AvgIpc) is 3.44. The topological polar surface area (TPSA) is 357 Å². The van der Waals surface area contributed by atoms with Crippen LogP contribution in [-0.4, -0.2) is 209 Å². The lowest BCUT2D eigenvalue weighted by Gasteiger charge is -2.47. The number of rotatable bonds is 16. The number of aliphatic hydroxyl groups excluding tert-OH is 7. The minimum absolute atomic E-state index is 0.120. The molecule has 21 heteroatoms. The number of hydrogen-bond acceptors (Lipinski definition) is 21. The van der Waals surface area contributed by atoms with E-state index in [-0.39, 0.29) is 19.1 Å². The summed E-state index contributed by atoms with van der Waals surface area (Å²) in [5.74, 6) is 0. The molecule has 0 spiro atoms. The number of hydrogen-bond donors (Lipinski definition) is 15. The maximum atomic E-state index is 11.7. The molecule has 4 heterocycles. The average molecular weight is 770 g/mol. The fourth-order valence-electron chi connectivity index (χ4n) is 7.76. The Labute approximate surface area is 308 Å². The SMILES string of the molecule is NC[C@@H]1O[C@H](O[C@H]2[C@@H](O)[C@H](O[C@@H]3[C@@H](O)[C@H](NC(CO)CO)C[C@H](N)[C@H]3O[C@H]3O[C@H](CNCC4(O)CCNCC4)CC[C@H]3N)O[C@@H]2CO)[C@H](N)[C@@H](O)[C@@H]1O. The normalized spacial score (nSPS) is 45.1. The second kappa shape index (κ2) is 19.5. The third-order valence-corrected chi connectivity index (χ3v) is 11.1. The molecule has 5 aliphatic rings. The van der Waals surface area contributed by atoms with Gasteiger partial charge in [-0.3, -0.25) is 0 Å². The van der Waals surface area contributed by atoms with Gasteiger partial charge in [-0.1, -0.05) is 0 Å². The predicted molar refractivity (Wildman–Crippen MR) is 183 cm³/mol. The highest BCUT2D eigenvalue weighted by molar-refractivity contribution is 5.03.